The van der Waals surface area contributed by atoms with E-state index in [1.807, 2.05) is 4.52 Å². The van der Waals surface area contributed by atoms with Crippen molar-refractivity contribution in [3.63, 3.8) is 0 Å². The number of aromatic nitrogens is 4. The number of hydrogen-bond donors (Lipinski definition) is 0. The number of carbonyl (C=O) groups is 1. The quantitative estimate of drug-likeness (QED) is 0.614. The summed E-state index contributed by atoms with van der Waals surface area (Å²) in [6.45, 7) is 4.16. The molecule has 32 heavy (non-hydrogen) atoms. The molecule has 1 atom stereocenters. The second kappa shape index (κ2) is 8.58. The molecule has 2 aliphatic rings. The first kappa shape index (κ1) is 21.0. The minimum Gasteiger partial charge on any atom is -0.272 e. The van der Waals surface area contributed by atoms with E-state index in [4.69, 9.17) is 4.84 Å². The largest absolute Gasteiger partial charge is 0.272 e. The minimum atomic E-state index is -0.346. The summed E-state index contributed by atoms with van der Waals surface area (Å²) in [5, 5.41) is 5.75. The number of carbonyl (C=O) groups excluding carboxylic acids is 1. The Kier molecular flexibility index (Phi) is 5.63. The van der Waals surface area contributed by atoms with Crippen LogP contribution in [0.15, 0.2) is 30.9 Å². The molecule has 0 N–H and O–H groups in total. The van der Waals surface area contributed by atoms with Crippen molar-refractivity contribution in [3.8, 4) is 0 Å². The molecule has 0 aromatic carbocycles. The molecule has 4 heterocycles. The number of fused-ring (bicyclic) bond motifs is 1. The number of rotatable bonds is 4. The van der Waals surface area contributed by atoms with Gasteiger partial charge in [-0.15, -0.1) is 0 Å². The highest BCUT2D eigenvalue weighted by molar-refractivity contribution is 5.78. The van der Waals surface area contributed by atoms with Crippen LogP contribution in [-0.4, -0.2) is 37.2 Å². The second-order valence-electron chi connectivity index (χ2n) is 9.12. The summed E-state index contributed by atoms with van der Waals surface area (Å²) in [7, 11) is 0. The van der Waals surface area contributed by atoms with Crippen LogP contribution >= 0.6 is 0 Å². The molecule has 1 aliphatic heterocycles. The van der Waals surface area contributed by atoms with Gasteiger partial charge in [-0.05, 0) is 74.6 Å². The van der Waals surface area contributed by atoms with Crippen LogP contribution in [0.2, 0.25) is 0 Å². The fourth-order valence-corrected chi connectivity index (χ4v) is 5.09. The van der Waals surface area contributed by atoms with Crippen LogP contribution in [-0.2, 0) is 16.1 Å². The van der Waals surface area contributed by atoms with Crippen LogP contribution in [0.1, 0.15) is 60.5 Å². The lowest BCUT2D eigenvalue weighted by atomic mass is 9.79. The average Bonchev–Trinajstić information content (AvgIpc) is 3.46. The van der Waals surface area contributed by atoms with Gasteiger partial charge < -0.3 is 0 Å². The van der Waals surface area contributed by atoms with Crippen molar-refractivity contribution in [1.29, 1.82) is 0 Å². The van der Waals surface area contributed by atoms with Crippen LogP contribution in [0.3, 0.4) is 0 Å². The summed E-state index contributed by atoms with van der Waals surface area (Å²) in [6, 6.07) is 3.41. The van der Waals surface area contributed by atoms with Gasteiger partial charge in [-0.1, -0.05) is 6.07 Å². The first-order valence-corrected chi connectivity index (χ1v) is 11.4. The van der Waals surface area contributed by atoms with Crippen LogP contribution in [0.5, 0.6) is 0 Å². The Morgan fingerprint density at radius 1 is 1.16 bits per heavy atom. The van der Waals surface area contributed by atoms with Crippen molar-refractivity contribution in [2.24, 2.45) is 11.8 Å². The number of pyridine rings is 2. The van der Waals surface area contributed by atoms with Gasteiger partial charge in [0.15, 0.2) is 5.65 Å². The first-order chi connectivity index (χ1) is 15.5. The molecule has 0 unspecified atom stereocenters. The van der Waals surface area contributed by atoms with Crippen molar-refractivity contribution in [1.82, 2.24) is 24.6 Å². The fourth-order valence-electron chi connectivity index (χ4n) is 5.09. The molecule has 1 saturated heterocycles. The van der Waals surface area contributed by atoms with Gasteiger partial charge >= 0.3 is 0 Å². The Balaban J connectivity index is 1.21. The van der Waals surface area contributed by atoms with E-state index in [2.05, 4.69) is 34.3 Å². The molecule has 8 heteroatoms. The lowest BCUT2D eigenvalue weighted by Crippen LogP contribution is -2.36. The van der Waals surface area contributed by atoms with E-state index >= 15 is 0 Å². The third-order valence-corrected chi connectivity index (χ3v) is 6.89. The molecule has 3 aromatic rings. The third kappa shape index (κ3) is 3.99. The van der Waals surface area contributed by atoms with Gasteiger partial charge in [0.2, 0.25) is 5.91 Å². The van der Waals surface area contributed by atoms with Crippen LogP contribution < -0.4 is 0 Å². The standard InChI is InChI=1S/C24H28FN5O2/c1-15-9-18(13-29-23(15)27-14-28-29)10-17-3-5-19(6-4-17)24(31)30-22(7-8-32-30)20-11-21(25)16(2)26-12-20/h9,11-14,17,19,22H,3-8,10H2,1-2H3/t17-,19-,22-/m0/s1. The summed E-state index contributed by atoms with van der Waals surface area (Å²) < 4.78 is 15.9. The lowest BCUT2D eigenvalue weighted by Gasteiger charge is -2.32. The predicted octanol–water partition coefficient (Wildman–Crippen LogP) is 4.13. The van der Waals surface area contributed by atoms with E-state index in [-0.39, 0.29) is 23.7 Å². The van der Waals surface area contributed by atoms with Crippen molar-refractivity contribution < 1.29 is 14.0 Å². The highest BCUT2D eigenvalue weighted by Gasteiger charge is 2.37. The number of amides is 1. The zero-order chi connectivity index (χ0) is 22.2. The molecule has 5 rings (SSSR count). The van der Waals surface area contributed by atoms with Gasteiger partial charge in [0.25, 0.3) is 0 Å². The van der Waals surface area contributed by atoms with Crippen molar-refractivity contribution in [3.05, 3.63) is 59.1 Å². The minimum absolute atomic E-state index is 0.0202. The van der Waals surface area contributed by atoms with Gasteiger partial charge in [0, 0.05) is 24.7 Å². The van der Waals surface area contributed by atoms with Crippen LogP contribution in [0.25, 0.3) is 5.65 Å². The molecule has 1 amide bonds. The molecule has 7 nitrogen and oxygen atoms in total. The second-order valence-corrected chi connectivity index (χ2v) is 9.12. The normalized spacial score (nSPS) is 23.7. The number of hydroxylamine groups is 2. The Morgan fingerprint density at radius 2 is 1.97 bits per heavy atom. The molecule has 1 saturated carbocycles. The van der Waals surface area contributed by atoms with E-state index in [1.165, 1.54) is 16.7 Å². The summed E-state index contributed by atoms with van der Waals surface area (Å²) >= 11 is 0. The summed E-state index contributed by atoms with van der Waals surface area (Å²) in [6.07, 6.45) is 10.6. The van der Waals surface area contributed by atoms with E-state index < -0.39 is 0 Å². The molecule has 168 valence electrons. The monoisotopic (exact) mass is 437 g/mol. The van der Waals surface area contributed by atoms with Crippen molar-refractivity contribution in [2.45, 2.75) is 58.4 Å². The molecular formula is C24H28FN5O2. The van der Waals surface area contributed by atoms with Crippen molar-refractivity contribution >= 4 is 11.6 Å². The zero-order valence-electron chi connectivity index (χ0n) is 18.5. The van der Waals surface area contributed by atoms with E-state index in [0.29, 0.717) is 30.2 Å². The molecule has 0 radical (unpaired) electrons. The molecule has 2 fully saturated rings. The maximum absolute atomic E-state index is 14.0. The van der Waals surface area contributed by atoms with E-state index in [0.717, 1.165) is 43.3 Å². The highest BCUT2D eigenvalue weighted by Crippen LogP contribution is 2.37. The topological polar surface area (TPSA) is 72.6 Å². The van der Waals surface area contributed by atoms with Gasteiger partial charge in [0.05, 0.1) is 18.3 Å². The Bertz CT molecular complexity index is 1140. The predicted molar refractivity (Wildman–Crippen MR) is 116 cm³/mol. The maximum Gasteiger partial charge on any atom is 0.249 e. The number of nitrogens with zero attached hydrogens (tertiary/aromatic N) is 5. The fraction of sp³-hybridized carbons (Fsp3) is 0.500. The van der Waals surface area contributed by atoms with Gasteiger partial charge in [-0.25, -0.2) is 19.0 Å². The third-order valence-electron chi connectivity index (χ3n) is 6.89. The Morgan fingerprint density at radius 3 is 2.75 bits per heavy atom. The average molecular weight is 438 g/mol. The molecule has 3 aromatic heterocycles. The van der Waals surface area contributed by atoms with Gasteiger partial charge in [-0.2, -0.15) is 5.10 Å². The highest BCUT2D eigenvalue weighted by atomic mass is 19.1. The number of hydrogen-bond acceptors (Lipinski definition) is 5. The first-order valence-electron chi connectivity index (χ1n) is 11.4. The smallest absolute Gasteiger partial charge is 0.249 e. The Hall–Kier alpha value is -2.87. The van der Waals surface area contributed by atoms with Crippen LogP contribution in [0.4, 0.5) is 4.39 Å². The van der Waals surface area contributed by atoms with E-state index in [9.17, 15) is 9.18 Å². The van der Waals surface area contributed by atoms with Gasteiger partial charge in [-0.3, -0.25) is 14.6 Å². The van der Waals surface area contributed by atoms with E-state index in [1.54, 1.807) is 19.4 Å². The van der Waals surface area contributed by atoms with Gasteiger partial charge in [0.1, 0.15) is 12.1 Å². The number of halogens is 1. The van der Waals surface area contributed by atoms with Crippen LogP contribution in [0, 0.1) is 31.5 Å². The summed E-state index contributed by atoms with van der Waals surface area (Å²) in [5.41, 5.74) is 4.34. The number of aryl methyl sites for hydroxylation is 2. The zero-order valence-corrected chi connectivity index (χ0v) is 18.5. The Labute approximate surface area is 186 Å². The lowest BCUT2D eigenvalue weighted by molar-refractivity contribution is -0.183. The SMILES string of the molecule is Cc1ncc([C@@H]2CCON2C(=O)[C@H]2CC[C@H](Cc3cc(C)c4ncnn4c3)CC2)cc1F. The molecule has 0 bridgehead atoms. The summed E-state index contributed by atoms with van der Waals surface area (Å²) in [5.74, 6) is 0.174. The van der Waals surface area contributed by atoms with Crippen molar-refractivity contribution in [2.75, 3.05) is 6.61 Å². The molecule has 0 spiro atoms. The maximum atomic E-state index is 14.0. The summed E-state index contributed by atoms with van der Waals surface area (Å²) in [4.78, 5) is 27.3. The molecule has 1 aliphatic carbocycles. The molecular weight excluding hydrogens is 409 g/mol.